The fourth-order valence-corrected chi connectivity index (χ4v) is 3.87. The van der Waals surface area contributed by atoms with Crippen LogP contribution in [0.3, 0.4) is 0 Å². The van der Waals surface area contributed by atoms with Gasteiger partial charge >= 0.3 is 0 Å². The molecule has 1 aromatic heterocycles. The van der Waals surface area contributed by atoms with Gasteiger partial charge in [-0.15, -0.1) is 0 Å². The van der Waals surface area contributed by atoms with Crippen LogP contribution in [0.1, 0.15) is 17.2 Å². The van der Waals surface area contributed by atoms with E-state index in [1.165, 1.54) is 5.56 Å². The molecular weight excluding hydrogens is 311 g/mol. The van der Waals surface area contributed by atoms with E-state index < -0.39 is 0 Å². The normalized spacial score (nSPS) is 18.1. The minimum atomic E-state index is 0.216. The number of piperazine rings is 1. The van der Waals surface area contributed by atoms with Crippen molar-refractivity contribution in [2.75, 3.05) is 26.2 Å². The number of benzene rings is 1. The van der Waals surface area contributed by atoms with Gasteiger partial charge in [0.05, 0.1) is 6.04 Å². The van der Waals surface area contributed by atoms with E-state index in [2.05, 4.69) is 33.1 Å². The van der Waals surface area contributed by atoms with Crippen LogP contribution in [0.2, 0.25) is 10.0 Å². The van der Waals surface area contributed by atoms with E-state index in [9.17, 15) is 0 Å². The Morgan fingerprint density at radius 2 is 1.95 bits per heavy atom. The smallest absolute Gasteiger partial charge is 0.0625 e. The lowest BCUT2D eigenvalue weighted by molar-refractivity contribution is 0.199. The van der Waals surface area contributed by atoms with Gasteiger partial charge in [-0.1, -0.05) is 29.3 Å². The van der Waals surface area contributed by atoms with Crippen molar-refractivity contribution in [1.82, 2.24) is 10.2 Å². The van der Waals surface area contributed by atoms with Gasteiger partial charge in [0.1, 0.15) is 0 Å². The molecule has 0 spiro atoms. The zero-order chi connectivity index (χ0) is 13.9. The Hall–Kier alpha value is -0.580. The standard InChI is InChI=1S/C15H16Cl2N2S/c16-12-1-2-13(14(17)9-12)15(11-3-8-20-10-11)19-6-4-18-5-7-19/h1-3,8-10,15,18H,4-7H2. The summed E-state index contributed by atoms with van der Waals surface area (Å²) in [5, 5.41) is 9.15. The van der Waals surface area contributed by atoms with Crippen LogP contribution in [-0.4, -0.2) is 31.1 Å². The Balaban J connectivity index is 2.00. The summed E-state index contributed by atoms with van der Waals surface area (Å²) in [6.07, 6.45) is 0. The highest BCUT2D eigenvalue weighted by Crippen LogP contribution is 2.35. The number of nitrogens with zero attached hydrogens (tertiary/aromatic N) is 1. The quantitative estimate of drug-likeness (QED) is 0.915. The summed E-state index contributed by atoms with van der Waals surface area (Å²) in [6.45, 7) is 4.09. The lowest BCUT2D eigenvalue weighted by Crippen LogP contribution is -2.45. The van der Waals surface area contributed by atoms with Crippen molar-refractivity contribution in [1.29, 1.82) is 0 Å². The summed E-state index contributed by atoms with van der Waals surface area (Å²) in [5.74, 6) is 0. The van der Waals surface area contributed by atoms with Crippen LogP contribution in [0.4, 0.5) is 0 Å². The summed E-state index contributed by atoms with van der Waals surface area (Å²) >= 11 is 14.2. The maximum atomic E-state index is 6.44. The molecule has 0 saturated carbocycles. The summed E-state index contributed by atoms with van der Waals surface area (Å²) in [6, 6.07) is 8.20. The molecule has 1 N–H and O–H groups in total. The second-order valence-corrected chi connectivity index (χ2v) is 6.53. The maximum absolute atomic E-state index is 6.44. The third-order valence-electron chi connectivity index (χ3n) is 3.63. The maximum Gasteiger partial charge on any atom is 0.0625 e. The zero-order valence-corrected chi connectivity index (χ0v) is 13.3. The van der Waals surface area contributed by atoms with Gasteiger partial charge in [-0.25, -0.2) is 0 Å². The predicted octanol–water partition coefficient (Wildman–Crippen LogP) is 4.05. The van der Waals surface area contributed by atoms with Gasteiger partial charge in [-0.2, -0.15) is 11.3 Å². The molecule has 1 unspecified atom stereocenters. The molecule has 3 rings (SSSR count). The van der Waals surface area contributed by atoms with E-state index in [-0.39, 0.29) is 6.04 Å². The Kier molecular flexibility index (Phi) is 4.64. The van der Waals surface area contributed by atoms with Gasteiger partial charge in [0.2, 0.25) is 0 Å². The largest absolute Gasteiger partial charge is 0.314 e. The molecule has 1 fully saturated rings. The highest BCUT2D eigenvalue weighted by Gasteiger charge is 2.25. The van der Waals surface area contributed by atoms with Crippen molar-refractivity contribution in [3.05, 3.63) is 56.2 Å². The Bertz CT molecular complexity index is 565. The lowest BCUT2D eigenvalue weighted by atomic mass is 9.99. The van der Waals surface area contributed by atoms with E-state index in [1.807, 2.05) is 12.1 Å². The molecule has 1 aromatic carbocycles. The lowest BCUT2D eigenvalue weighted by Gasteiger charge is -2.35. The van der Waals surface area contributed by atoms with Gasteiger partial charge in [0.25, 0.3) is 0 Å². The third kappa shape index (κ3) is 3.02. The predicted molar refractivity (Wildman–Crippen MR) is 87.1 cm³/mol. The van der Waals surface area contributed by atoms with Gasteiger partial charge < -0.3 is 5.32 Å². The number of nitrogens with one attached hydrogen (secondary N) is 1. The number of rotatable bonds is 3. The van der Waals surface area contributed by atoms with E-state index in [4.69, 9.17) is 23.2 Å². The highest BCUT2D eigenvalue weighted by atomic mass is 35.5. The molecule has 2 heterocycles. The van der Waals surface area contributed by atoms with Crippen molar-refractivity contribution in [2.24, 2.45) is 0 Å². The molecule has 0 radical (unpaired) electrons. The van der Waals surface area contributed by atoms with Crippen LogP contribution in [0.15, 0.2) is 35.0 Å². The average molecular weight is 327 g/mol. The van der Waals surface area contributed by atoms with Crippen molar-refractivity contribution >= 4 is 34.5 Å². The van der Waals surface area contributed by atoms with Crippen molar-refractivity contribution in [2.45, 2.75) is 6.04 Å². The molecule has 0 amide bonds. The van der Waals surface area contributed by atoms with E-state index in [0.717, 1.165) is 36.8 Å². The number of hydrogen-bond donors (Lipinski definition) is 1. The molecule has 2 nitrogen and oxygen atoms in total. The monoisotopic (exact) mass is 326 g/mol. The summed E-state index contributed by atoms with van der Waals surface area (Å²) < 4.78 is 0. The molecule has 2 aromatic rings. The molecule has 1 aliphatic rings. The molecule has 1 aliphatic heterocycles. The fraction of sp³-hybridized carbons (Fsp3) is 0.333. The molecule has 20 heavy (non-hydrogen) atoms. The summed E-state index contributed by atoms with van der Waals surface area (Å²) in [7, 11) is 0. The van der Waals surface area contributed by atoms with Gasteiger partial charge in [-0.05, 0) is 40.1 Å². The van der Waals surface area contributed by atoms with Crippen LogP contribution in [-0.2, 0) is 0 Å². The molecule has 0 aliphatic carbocycles. The fourth-order valence-electron chi connectivity index (χ4n) is 2.68. The van der Waals surface area contributed by atoms with Crippen LogP contribution in [0.5, 0.6) is 0 Å². The number of thiophene rings is 1. The average Bonchev–Trinajstić information content (AvgIpc) is 2.97. The first-order valence-corrected chi connectivity index (χ1v) is 8.37. The Morgan fingerprint density at radius 3 is 2.60 bits per heavy atom. The molecule has 0 bridgehead atoms. The van der Waals surface area contributed by atoms with Crippen molar-refractivity contribution in [3.8, 4) is 0 Å². The first kappa shape index (κ1) is 14.4. The van der Waals surface area contributed by atoms with E-state index in [0.29, 0.717) is 5.02 Å². The number of halogens is 2. The van der Waals surface area contributed by atoms with Gasteiger partial charge in [-0.3, -0.25) is 4.90 Å². The second-order valence-electron chi connectivity index (χ2n) is 4.91. The molecule has 1 saturated heterocycles. The SMILES string of the molecule is Clc1ccc(C(c2ccsc2)N2CCNCC2)c(Cl)c1. The minimum Gasteiger partial charge on any atom is -0.314 e. The van der Waals surface area contributed by atoms with Crippen molar-refractivity contribution < 1.29 is 0 Å². The van der Waals surface area contributed by atoms with Crippen LogP contribution < -0.4 is 5.32 Å². The minimum absolute atomic E-state index is 0.216. The first-order valence-electron chi connectivity index (χ1n) is 6.67. The van der Waals surface area contributed by atoms with Crippen molar-refractivity contribution in [3.63, 3.8) is 0 Å². The molecule has 106 valence electrons. The van der Waals surface area contributed by atoms with Gasteiger partial charge in [0, 0.05) is 36.2 Å². The molecule has 5 heteroatoms. The van der Waals surface area contributed by atoms with Gasteiger partial charge in [0.15, 0.2) is 0 Å². The zero-order valence-electron chi connectivity index (χ0n) is 11.0. The number of hydrogen-bond acceptors (Lipinski definition) is 3. The molecule has 1 atom stereocenters. The Labute approximate surface area is 133 Å². The van der Waals surface area contributed by atoms with Crippen LogP contribution in [0, 0.1) is 0 Å². The highest BCUT2D eigenvalue weighted by molar-refractivity contribution is 7.08. The first-order chi connectivity index (χ1) is 9.75. The Morgan fingerprint density at radius 1 is 1.15 bits per heavy atom. The summed E-state index contributed by atoms with van der Waals surface area (Å²) in [5.41, 5.74) is 2.44. The molecular formula is C15H16Cl2N2S. The second kappa shape index (κ2) is 6.46. The van der Waals surface area contributed by atoms with Crippen LogP contribution >= 0.6 is 34.5 Å². The van der Waals surface area contributed by atoms with E-state index >= 15 is 0 Å². The van der Waals surface area contributed by atoms with Crippen LogP contribution in [0.25, 0.3) is 0 Å². The topological polar surface area (TPSA) is 15.3 Å². The third-order valence-corrected chi connectivity index (χ3v) is 4.90. The summed E-state index contributed by atoms with van der Waals surface area (Å²) in [4.78, 5) is 2.48. The van der Waals surface area contributed by atoms with E-state index in [1.54, 1.807) is 11.3 Å².